The van der Waals surface area contributed by atoms with Crippen molar-refractivity contribution in [2.24, 2.45) is 0 Å². The Morgan fingerprint density at radius 1 is 1.36 bits per heavy atom. The SMILES string of the molecule is CC(C)(C)OC(=O)N(c1nc(C#C[Si](C)(C)C)cn2c(C=O)cnc12)C1CC1. The Bertz CT molecular complexity index is 985. The van der Waals surface area contributed by atoms with Crippen LogP contribution in [0, 0.1) is 11.5 Å². The molecule has 0 unspecified atom stereocenters. The molecular weight excluding hydrogens is 372 g/mol. The molecule has 1 aliphatic carbocycles. The number of ether oxygens (including phenoxy) is 1. The van der Waals surface area contributed by atoms with E-state index < -0.39 is 19.8 Å². The van der Waals surface area contributed by atoms with Gasteiger partial charge in [0.15, 0.2) is 17.8 Å². The van der Waals surface area contributed by atoms with Crippen molar-refractivity contribution in [3.05, 3.63) is 23.8 Å². The molecule has 0 spiro atoms. The number of hydrogen-bond acceptors (Lipinski definition) is 5. The second-order valence-corrected chi connectivity index (χ2v) is 13.8. The molecule has 0 aromatic carbocycles. The number of amides is 1. The fourth-order valence-corrected chi connectivity index (χ4v) is 3.11. The molecule has 0 atom stereocenters. The highest BCUT2D eigenvalue weighted by atomic mass is 28.3. The van der Waals surface area contributed by atoms with Crippen molar-refractivity contribution in [3.8, 4) is 11.5 Å². The van der Waals surface area contributed by atoms with E-state index in [0.717, 1.165) is 19.1 Å². The number of fused-ring (bicyclic) bond motifs is 1. The number of aldehydes is 1. The molecule has 1 saturated carbocycles. The maximum Gasteiger partial charge on any atom is 0.416 e. The summed E-state index contributed by atoms with van der Waals surface area (Å²) in [5, 5.41) is 0. The van der Waals surface area contributed by atoms with Gasteiger partial charge in [-0.05, 0) is 33.6 Å². The van der Waals surface area contributed by atoms with Crippen molar-refractivity contribution < 1.29 is 14.3 Å². The highest BCUT2D eigenvalue weighted by Gasteiger charge is 2.39. The molecule has 2 heterocycles. The van der Waals surface area contributed by atoms with Crippen LogP contribution in [0.5, 0.6) is 0 Å². The number of aromatic nitrogens is 3. The van der Waals surface area contributed by atoms with Gasteiger partial charge >= 0.3 is 6.09 Å². The fraction of sp³-hybridized carbons (Fsp3) is 0.500. The van der Waals surface area contributed by atoms with Gasteiger partial charge in [0.1, 0.15) is 25.1 Å². The topological polar surface area (TPSA) is 76.8 Å². The van der Waals surface area contributed by atoms with Crippen LogP contribution in [0.3, 0.4) is 0 Å². The lowest BCUT2D eigenvalue weighted by Gasteiger charge is -2.27. The molecule has 28 heavy (non-hydrogen) atoms. The average Bonchev–Trinajstić information content (AvgIpc) is 3.29. The molecule has 2 aromatic rings. The van der Waals surface area contributed by atoms with Gasteiger partial charge in [-0.2, -0.15) is 0 Å². The van der Waals surface area contributed by atoms with Crippen LogP contribution in [-0.4, -0.2) is 46.5 Å². The Morgan fingerprint density at radius 3 is 2.57 bits per heavy atom. The first-order valence-corrected chi connectivity index (χ1v) is 12.9. The first kappa shape index (κ1) is 20.1. The minimum absolute atomic E-state index is 0.0164. The number of imidazole rings is 1. The number of carbonyl (C=O) groups is 2. The molecule has 1 aliphatic rings. The molecule has 8 heteroatoms. The lowest BCUT2D eigenvalue weighted by Crippen LogP contribution is -2.39. The Hall–Kier alpha value is -2.66. The third-order valence-electron chi connectivity index (χ3n) is 3.92. The van der Waals surface area contributed by atoms with E-state index in [9.17, 15) is 9.59 Å². The zero-order valence-corrected chi connectivity index (χ0v) is 18.2. The third-order valence-corrected chi connectivity index (χ3v) is 4.79. The average molecular weight is 399 g/mol. The van der Waals surface area contributed by atoms with Gasteiger partial charge in [0, 0.05) is 12.2 Å². The summed E-state index contributed by atoms with van der Waals surface area (Å²) in [6.45, 7) is 11.9. The molecule has 0 saturated heterocycles. The normalized spacial score (nSPS) is 14.4. The summed E-state index contributed by atoms with van der Waals surface area (Å²) in [5.41, 5.74) is 3.98. The van der Waals surface area contributed by atoms with Crippen molar-refractivity contribution in [2.75, 3.05) is 4.90 Å². The molecule has 0 N–H and O–H groups in total. The van der Waals surface area contributed by atoms with Crippen LogP contribution >= 0.6 is 0 Å². The molecule has 0 radical (unpaired) electrons. The molecular formula is C20H26N4O3Si. The number of hydrogen-bond donors (Lipinski definition) is 0. The van der Waals surface area contributed by atoms with Crippen LogP contribution in [0.25, 0.3) is 5.65 Å². The van der Waals surface area contributed by atoms with Crippen molar-refractivity contribution in [1.82, 2.24) is 14.4 Å². The summed E-state index contributed by atoms with van der Waals surface area (Å²) >= 11 is 0. The quantitative estimate of drug-likeness (QED) is 0.448. The third kappa shape index (κ3) is 4.60. The molecule has 1 amide bonds. The highest BCUT2D eigenvalue weighted by molar-refractivity contribution is 6.83. The van der Waals surface area contributed by atoms with E-state index in [1.807, 2.05) is 20.8 Å². The summed E-state index contributed by atoms with van der Waals surface area (Å²) in [5.74, 6) is 3.50. The van der Waals surface area contributed by atoms with Crippen LogP contribution in [0.15, 0.2) is 12.4 Å². The van der Waals surface area contributed by atoms with Crippen LogP contribution in [-0.2, 0) is 4.74 Å². The lowest BCUT2D eigenvalue weighted by atomic mass is 10.2. The Morgan fingerprint density at radius 2 is 2.04 bits per heavy atom. The van der Waals surface area contributed by atoms with E-state index in [1.165, 1.54) is 6.20 Å². The molecule has 148 valence electrons. The van der Waals surface area contributed by atoms with E-state index in [1.54, 1.807) is 15.5 Å². The summed E-state index contributed by atoms with van der Waals surface area (Å²) in [7, 11) is -1.62. The monoisotopic (exact) mass is 398 g/mol. The van der Waals surface area contributed by atoms with Gasteiger partial charge in [-0.25, -0.2) is 14.8 Å². The van der Waals surface area contributed by atoms with E-state index in [4.69, 9.17) is 4.74 Å². The predicted molar refractivity (Wildman–Crippen MR) is 110 cm³/mol. The van der Waals surface area contributed by atoms with Crippen molar-refractivity contribution in [1.29, 1.82) is 0 Å². The van der Waals surface area contributed by atoms with E-state index in [2.05, 4.69) is 41.1 Å². The Labute approximate surface area is 166 Å². The summed E-state index contributed by atoms with van der Waals surface area (Å²) in [4.78, 5) is 34.9. The van der Waals surface area contributed by atoms with Crippen molar-refractivity contribution in [3.63, 3.8) is 0 Å². The van der Waals surface area contributed by atoms with Crippen LogP contribution in [0.2, 0.25) is 19.6 Å². The molecule has 1 fully saturated rings. The smallest absolute Gasteiger partial charge is 0.416 e. The second-order valence-electron chi connectivity index (χ2n) is 9.03. The standard InChI is InChI=1S/C20H26N4O3Si/c1-20(2,3)27-19(26)24(15-7-8-15)18-17-21-11-16(13-25)23(17)12-14(22-18)9-10-28(4,5)6/h11-13,15H,7-8H2,1-6H3. The molecule has 3 rings (SSSR count). The van der Waals surface area contributed by atoms with Gasteiger partial charge in [-0.1, -0.05) is 25.6 Å². The Balaban J connectivity index is 2.16. The first-order chi connectivity index (χ1) is 13.0. The minimum Gasteiger partial charge on any atom is -0.443 e. The molecule has 0 aliphatic heterocycles. The van der Waals surface area contributed by atoms with Crippen LogP contribution in [0.4, 0.5) is 10.6 Å². The number of rotatable bonds is 3. The Kier molecular flexibility index (Phi) is 5.06. The van der Waals surface area contributed by atoms with Crippen LogP contribution in [0.1, 0.15) is 49.8 Å². The minimum atomic E-state index is -1.62. The zero-order valence-electron chi connectivity index (χ0n) is 17.2. The highest BCUT2D eigenvalue weighted by Crippen LogP contribution is 2.34. The fourth-order valence-electron chi connectivity index (χ4n) is 2.60. The first-order valence-electron chi connectivity index (χ1n) is 9.37. The number of nitrogens with zero attached hydrogens (tertiary/aromatic N) is 4. The van der Waals surface area contributed by atoms with Gasteiger partial charge in [0.25, 0.3) is 0 Å². The van der Waals surface area contributed by atoms with Gasteiger partial charge in [-0.3, -0.25) is 14.1 Å². The van der Waals surface area contributed by atoms with Crippen molar-refractivity contribution in [2.45, 2.75) is 64.9 Å². The van der Waals surface area contributed by atoms with Gasteiger partial charge in [-0.15, -0.1) is 5.54 Å². The summed E-state index contributed by atoms with van der Waals surface area (Å²) < 4.78 is 7.25. The second kappa shape index (κ2) is 7.06. The summed E-state index contributed by atoms with van der Waals surface area (Å²) in [6.07, 6.45) is 5.19. The van der Waals surface area contributed by atoms with E-state index in [0.29, 0.717) is 22.9 Å². The molecule has 2 aromatic heterocycles. The maximum atomic E-state index is 12.9. The largest absolute Gasteiger partial charge is 0.443 e. The van der Waals surface area contributed by atoms with Crippen molar-refractivity contribution >= 4 is 31.9 Å². The molecule has 7 nitrogen and oxygen atoms in total. The number of anilines is 1. The summed E-state index contributed by atoms with van der Waals surface area (Å²) in [6, 6.07) is 0.0164. The maximum absolute atomic E-state index is 12.9. The van der Waals surface area contributed by atoms with Crippen LogP contribution < -0.4 is 4.90 Å². The van der Waals surface area contributed by atoms with Gasteiger partial charge < -0.3 is 4.74 Å². The lowest BCUT2D eigenvalue weighted by molar-refractivity contribution is 0.0576. The van der Waals surface area contributed by atoms with Gasteiger partial charge in [0.2, 0.25) is 0 Å². The zero-order chi connectivity index (χ0) is 20.7. The van der Waals surface area contributed by atoms with E-state index >= 15 is 0 Å². The number of carbonyl (C=O) groups excluding carboxylic acids is 2. The van der Waals surface area contributed by atoms with Gasteiger partial charge in [0.05, 0.1) is 6.20 Å². The molecule has 0 bridgehead atoms. The van der Waals surface area contributed by atoms with E-state index in [-0.39, 0.29) is 6.04 Å². The predicted octanol–water partition coefficient (Wildman–Crippen LogP) is 3.67.